The molecule has 1 aromatic carbocycles. The van der Waals surface area contributed by atoms with Crippen molar-refractivity contribution in [2.24, 2.45) is 40.5 Å². The predicted octanol–water partition coefficient (Wildman–Crippen LogP) is -5.78. The SMILES string of the molecule is CC(C)C[C@@H]1NC(=O)[C@@H](Cc2ccccc2)NC(=O)[C@H](CCCN)NC(=O)[C@@H](NC(=O)[C@H](CCN)NC(=O)[C@@H](NC(=O)C2CCC(N)CC2)C(C)O)CCNC(=O)[C@H](C(C)O)NC(=O)[C@H](CCN)NC(=O)[C@H](CCN)NC1=O. The molecule has 1 heterocycles. The minimum absolute atomic E-state index is 0.0596. The van der Waals surface area contributed by atoms with Crippen LogP contribution in [0.4, 0.5) is 0 Å². The fourth-order valence-corrected chi connectivity index (χ4v) is 8.99. The number of rotatable bonds is 21. The molecule has 0 bridgehead atoms. The molecule has 1 aromatic rings. The summed E-state index contributed by atoms with van der Waals surface area (Å²) < 4.78 is 0. The Balaban J connectivity index is 2.12. The Morgan fingerprint density at radius 2 is 1.13 bits per heavy atom. The van der Waals surface area contributed by atoms with Gasteiger partial charge in [0, 0.05) is 24.9 Å². The van der Waals surface area contributed by atoms with E-state index >= 15 is 0 Å². The van der Waals surface area contributed by atoms with Crippen molar-refractivity contribution >= 4 is 59.1 Å². The molecule has 0 aromatic heterocycles. The van der Waals surface area contributed by atoms with E-state index in [1.807, 2.05) is 0 Å². The second-order valence-corrected chi connectivity index (χ2v) is 20.6. The summed E-state index contributed by atoms with van der Waals surface area (Å²) in [6.45, 7) is 5.34. The monoisotopic (exact) mass is 1100 g/mol. The summed E-state index contributed by atoms with van der Waals surface area (Å²) in [5, 5.41) is 47.3. The van der Waals surface area contributed by atoms with E-state index in [9.17, 15) is 58.2 Å². The van der Waals surface area contributed by atoms with Crippen LogP contribution in [0.1, 0.15) is 104 Å². The van der Waals surface area contributed by atoms with Gasteiger partial charge in [-0.2, -0.15) is 0 Å². The van der Waals surface area contributed by atoms with Gasteiger partial charge in [0.05, 0.1) is 12.2 Å². The molecule has 27 nitrogen and oxygen atoms in total. The number of hydrogen-bond acceptors (Lipinski definition) is 17. The highest BCUT2D eigenvalue weighted by atomic mass is 16.3. The highest BCUT2D eigenvalue weighted by molar-refractivity contribution is 5.99. The van der Waals surface area contributed by atoms with Gasteiger partial charge < -0.3 is 92.0 Å². The molecule has 10 amide bonds. The molecule has 1 saturated heterocycles. The first-order chi connectivity index (χ1) is 37.0. The van der Waals surface area contributed by atoms with E-state index in [2.05, 4.69) is 53.2 Å². The van der Waals surface area contributed by atoms with E-state index < -0.39 is 145 Å². The Morgan fingerprint density at radius 1 is 0.603 bits per heavy atom. The van der Waals surface area contributed by atoms with Crippen LogP contribution < -0.4 is 81.8 Å². The number of hydrogen-bond donors (Lipinski definition) is 17. The van der Waals surface area contributed by atoms with Gasteiger partial charge in [0.15, 0.2) is 0 Å². The van der Waals surface area contributed by atoms with E-state index in [4.69, 9.17) is 28.7 Å². The number of nitrogens with one attached hydrogen (secondary N) is 10. The molecule has 2 unspecified atom stereocenters. The number of carbonyl (C=O) groups is 10. The first-order valence-electron chi connectivity index (χ1n) is 27.0. The minimum Gasteiger partial charge on any atom is -0.391 e. The quantitative estimate of drug-likeness (QED) is 0.0545. The third-order valence-corrected chi connectivity index (χ3v) is 13.5. The largest absolute Gasteiger partial charge is 0.391 e. The molecular weight excluding hydrogens is 1010 g/mol. The normalized spacial score (nSPS) is 26.2. The molecule has 0 radical (unpaired) electrons. The molecule has 2 fully saturated rings. The third kappa shape index (κ3) is 21.8. The van der Waals surface area contributed by atoms with Gasteiger partial charge in [0.25, 0.3) is 0 Å². The molecule has 27 heteroatoms. The maximum Gasteiger partial charge on any atom is 0.245 e. The van der Waals surface area contributed by atoms with E-state index in [0.717, 1.165) is 0 Å². The van der Waals surface area contributed by atoms with Gasteiger partial charge >= 0.3 is 0 Å². The van der Waals surface area contributed by atoms with Crippen LogP contribution in [0.5, 0.6) is 0 Å². The lowest BCUT2D eigenvalue weighted by Crippen LogP contribution is -2.61. The summed E-state index contributed by atoms with van der Waals surface area (Å²) in [4.78, 5) is 140. The van der Waals surface area contributed by atoms with Gasteiger partial charge in [-0.25, -0.2) is 0 Å². The van der Waals surface area contributed by atoms with Gasteiger partial charge in [0.1, 0.15) is 54.4 Å². The number of aliphatic hydroxyl groups is 2. The number of amides is 10. The summed E-state index contributed by atoms with van der Waals surface area (Å²) in [6.07, 6.45) is -1.66. The zero-order valence-corrected chi connectivity index (χ0v) is 45.4. The van der Waals surface area contributed by atoms with Crippen molar-refractivity contribution in [1.29, 1.82) is 0 Å². The van der Waals surface area contributed by atoms with Crippen LogP contribution in [0.15, 0.2) is 30.3 Å². The van der Waals surface area contributed by atoms with Crippen LogP contribution in [0, 0.1) is 11.8 Å². The van der Waals surface area contributed by atoms with Crippen molar-refractivity contribution in [2.45, 2.75) is 177 Å². The highest BCUT2D eigenvalue weighted by Crippen LogP contribution is 2.23. The van der Waals surface area contributed by atoms with Crippen LogP contribution in [-0.4, -0.2) is 175 Å². The first-order valence-corrected chi connectivity index (χ1v) is 27.0. The lowest BCUT2D eigenvalue weighted by atomic mass is 9.85. The van der Waals surface area contributed by atoms with Gasteiger partial charge in [-0.05, 0) is 122 Å². The average molecular weight is 1100 g/mol. The predicted molar refractivity (Wildman–Crippen MR) is 287 cm³/mol. The van der Waals surface area contributed by atoms with Crippen molar-refractivity contribution in [3.63, 3.8) is 0 Å². The van der Waals surface area contributed by atoms with E-state index in [1.165, 1.54) is 13.8 Å². The summed E-state index contributed by atoms with van der Waals surface area (Å²) >= 11 is 0. The Hall–Kier alpha value is -6.36. The Kier molecular flexibility index (Phi) is 28.6. The van der Waals surface area contributed by atoms with Crippen LogP contribution in [0.25, 0.3) is 0 Å². The second kappa shape index (κ2) is 33.8. The smallest absolute Gasteiger partial charge is 0.245 e. The number of nitrogens with two attached hydrogens (primary N) is 5. The molecule has 0 spiro atoms. The molecule has 438 valence electrons. The molecule has 2 aliphatic rings. The summed E-state index contributed by atoms with van der Waals surface area (Å²) in [7, 11) is 0. The van der Waals surface area contributed by atoms with Crippen molar-refractivity contribution in [3.8, 4) is 0 Å². The maximum absolute atomic E-state index is 14.5. The van der Waals surface area contributed by atoms with E-state index in [-0.39, 0.29) is 83.1 Å². The maximum atomic E-state index is 14.5. The van der Waals surface area contributed by atoms with Crippen LogP contribution in [-0.2, 0) is 54.4 Å². The Bertz CT molecular complexity index is 2150. The molecule has 22 N–H and O–H groups in total. The molecule has 78 heavy (non-hydrogen) atoms. The zero-order chi connectivity index (χ0) is 58.1. The zero-order valence-electron chi connectivity index (χ0n) is 45.4. The van der Waals surface area contributed by atoms with Crippen LogP contribution in [0.3, 0.4) is 0 Å². The van der Waals surface area contributed by atoms with Gasteiger partial charge in [-0.1, -0.05) is 44.2 Å². The fourth-order valence-electron chi connectivity index (χ4n) is 8.99. The fraction of sp³-hybridized carbons (Fsp3) is 0.686. The van der Waals surface area contributed by atoms with Gasteiger partial charge in [0.2, 0.25) is 59.1 Å². The number of aliphatic hydroxyl groups excluding tert-OH is 2. The summed E-state index contributed by atoms with van der Waals surface area (Å²) in [5.74, 6) is -9.20. The standard InChI is InChI=1S/C51H87N15O12/c1-27(2)25-38-48(75)60-34(16-21-53)44(71)59-36(18-23-55)47(74)66-40(28(3)67)50(77)57-24-19-37(46(73)58-33(11-8-20-52)43(70)64-39(49(76)63-38)26-30-9-6-5-7-10-30)61-45(72)35(17-22-54)62-51(78)41(29(4)68)65-42(69)31-12-14-32(56)15-13-31/h5-7,9-10,27-29,31-41,67-68H,8,11-26,52-56H2,1-4H3,(H,57,77)(H,58,73)(H,59,71)(H,60,75)(H,61,72)(H,62,78)(H,63,76)(H,64,70)(H,65,69)(H,66,74)/t28?,29?,31?,32?,33-,34-,35-,36-,37-,38-,39+,40-,41-/m0/s1. The van der Waals surface area contributed by atoms with Crippen LogP contribution >= 0.6 is 0 Å². The molecule has 1 aliphatic carbocycles. The Labute approximate surface area is 455 Å². The minimum atomic E-state index is -1.66. The number of benzene rings is 1. The van der Waals surface area contributed by atoms with Crippen molar-refractivity contribution in [2.75, 3.05) is 32.7 Å². The lowest BCUT2D eigenvalue weighted by Gasteiger charge is -2.29. The second-order valence-electron chi connectivity index (χ2n) is 20.6. The molecule has 11 atom stereocenters. The van der Waals surface area contributed by atoms with Crippen molar-refractivity contribution in [3.05, 3.63) is 35.9 Å². The molecule has 1 saturated carbocycles. The molecule has 1 aliphatic heterocycles. The lowest BCUT2D eigenvalue weighted by molar-refractivity contribution is -0.137. The van der Waals surface area contributed by atoms with Gasteiger partial charge in [-0.3, -0.25) is 47.9 Å². The number of carbonyl (C=O) groups excluding carboxylic acids is 10. The van der Waals surface area contributed by atoms with Crippen molar-refractivity contribution in [1.82, 2.24) is 53.2 Å². The third-order valence-electron chi connectivity index (χ3n) is 13.5. The van der Waals surface area contributed by atoms with Crippen molar-refractivity contribution < 1.29 is 58.2 Å². The molecular formula is C51H87N15O12. The first kappa shape index (κ1) is 65.9. The summed E-state index contributed by atoms with van der Waals surface area (Å²) in [5.41, 5.74) is 30.1. The average Bonchev–Trinajstić information content (AvgIpc) is 3.39. The topological polar surface area (TPSA) is 462 Å². The molecule has 3 rings (SSSR count). The Morgan fingerprint density at radius 3 is 1.67 bits per heavy atom. The van der Waals surface area contributed by atoms with E-state index in [0.29, 0.717) is 31.2 Å². The van der Waals surface area contributed by atoms with E-state index in [1.54, 1.807) is 44.2 Å². The summed E-state index contributed by atoms with van der Waals surface area (Å²) in [6, 6.07) is -4.47. The van der Waals surface area contributed by atoms with Crippen LogP contribution in [0.2, 0.25) is 0 Å². The van der Waals surface area contributed by atoms with Gasteiger partial charge in [-0.15, -0.1) is 0 Å². The highest BCUT2D eigenvalue weighted by Gasteiger charge is 2.38.